The van der Waals surface area contributed by atoms with Gasteiger partial charge in [0.25, 0.3) is 0 Å². The van der Waals surface area contributed by atoms with E-state index < -0.39 is 0 Å². The highest BCUT2D eigenvalue weighted by Crippen LogP contribution is 2.30. The molecule has 1 heterocycles. The molecule has 1 unspecified atom stereocenters. The molecule has 0 bridgehead atoms. The number of rotatable bonds is 2. The fraction of sp³-hybridized carbons (Fsp3) is 0.900. The molecule has 0 spiro atoms. The van der Waals surface area contributed by atoms with Crippen LogP contribution in [-0.2, 0) is 0 Å². The maximum atomic E-state index is 8.95. The van der Waals surface area contributed by atoms with Gasteiger partial charge in [-0.15, -0.1) is 0 Å². The Balaban J connectivity index is 2.56. The predicted octanol–water partition coefficient (Wildman–Crippen LogP) is 2.12. The van der Waals surface area contributed by atoms with E-state index in [2.05, 4.69) is 31.7 Å². The zero-order chi connectivity index (χ0) is 9.90. The van der Waals surface area contributed by atoms with Gasteiger partial charge in [0, 0.05) is 23.6 Å². The molecule has 0 radical (unpaired) electrons. The number of nitrogens with zero attached hydrogens (tertiary/aromatic N) is 2. The highest BCUT2D eigenvalue weighted by atomic mass is 32.2. The van der Waals surface area contributed by atoms with E-state index >= 15 is 0 Å². The van der Waals surface area contributed by atoms with Crippen LogP contribution >= 0.6 is 11.8 Å². The first-order valence-electron chi connectivity index (χ1n) is 4.86. The Bertz CT molecular complexity index is 207. The Morgan fingerprint density at radius 1 is 1.62 bits per heavy atom. The SMILES string of the molecule is CCC(C#N)N1CCSC(C)(C)C1. The lowest BCUT2D eigenvalue weighted by molar-refractivity contribution is 0.218. The molecule has 0 amide bonds. The van der Waals surface area contributed by atoms with Crippen LogP contribution in [-0.4, -0.2) is 34.5 Å². The van der Waals surface area contributed by atoms with E-state index in [0.29, 0.717) is 4.75 Å². The summed E-state index contributed by atoms with van der Waals surface area (Å²) in [6.45, 7) is 8.72. The summed E-state index contributed by atoms with van der Waals surface area (Å²) < 4.78 is 0.322. The number of thioether (sulfide) groups is 1. The van der Waals surface area contributed by atoms with Crippen LogP contribution in [0.25, 0.3) is 0 Å². The van der Waals surface area contributed by atoms with Crippen molar-refractivity contribution in [2.45, 2.75) is 38.0 Å². The Hall–Kier alpha value is -0.200. The Morgan fingerprint density at radius 3 is 2.77 bits per heavy atom. The molecule has 13 heavy (non-hydrogen) atoms. The number of hydrogen-bond acceptors (Lipinski definition) is 3. The summed E-state index contributed by atoms with van der Waals surface area (Å²) in [5, 5.41) is 8.95. The van der Waals surface area contributed by atoms with Gasteiger partial charge in [0.2, 0.25) is 0 Å². The summed E-state index contributed by atoms with van der Waals surface area (Å²) in [5.74, 6) is 1.16. The van der Waals surface area contributed by atoms with Gasteiger partial charge < -0.3 is 0 Å². The summed E-state index contributed by atoms with van der Waals surface area (Å²) in [7, 11) is 0. The van der Waals surface area contributed by atoms with E-state index in [4.69, 9.17) is 5.26 Å². The standard InChI is InChI=1S/C10H18N2S/c1-4-9(7-11)12-5-6-13-10(2,3)8-12/h9H,4-6,8H2,1-3H3. The monoisotopic (exact) mass is 198 g/mol. The van der Waals surface area contributed by atoms with Crippen molar-refractivity contribution < 1.29 is 0 Å². The van der Waals surface area contributed by atoms with E-state index in [0.717, 1.165) is 25.3 Å². The lowest BCUT2D eigenvalue weighted by Gasteiger charge is -2.39. The maximum Gasteiger partial charge on any atom is 0.0975 e. The van der Waals surface area contributed by atoms with Crippen LogP contribution in [0.15, 0.2) is 0 Å². The van der Waals surface area contributed by atoms with E-state index in [9.17, 15) is 0 Å². The van der Waals surface area contributed by atoms with Crippen LogP contribution in [0.2, 0.25) is 0 Å². The second-order valence-corrected chi connectivity index (χ2v) is 5.93. The summed E-state index contributed by atoms with van der Waals surface area (Å²) >= 11 is 2.01. The van der Waals surface area contributed by atoms with Gasteiger partial charge in [-0.25, -0.2) is 0 Å². The third-order valence-electron chi connectivity index (χ3n) is 2.43. The molecule has 3 heteroatoms. The van der Waals surface area contributed by atoms with Crippen LogP contribution < -0.4 is 0 Å². The Kier molecular flexibility index (Phi) is 3.63. The van der Waals surface area contributed by atoms with Crippen molar-refractivity contribution in [3.63, 3.8) is 0 Å². The van der Waals surface area contributed by atoms with Gasteiger partial charge in [-0.3, -0.25) is 4.90 Å². The highest BCUT2D eigenvalue weighted by molar-refractivity contribution is 8.00. The molecule has 0 aliphatic carbocycles. The van der Waals surface area contributed by atoms with Gasteiger partial charge >= 0.3 is 0 Å². The lowest BCUT2D eigenvalue weighted by Crippen LogP contribution is -2.47. The van der Waals surface area contributed by atoms with Gasteiger partial charge in [0.05, 0.1) is 12.1 Å². The molecule has 2 nitrogen and oxygen atoms in total. The first-order chi connectivity index (χ1) is 6.09. The zero-order valence-electron chi connectivity index (χ0n) is 8.71. The van der Waals surface area contributed by atoms with Crippen LogP contribution in [0.5, 0.6) is 0 Å². The molecule has 0 aromatic rings. The van der Waals surface area contributed by atoms with Crippen LogP contribution in [0, 0.1) is 11.3 Å². The van der Waals surface area contributed by atoms with Crippen LogP contribution in [0.1, 0.15) is 27.2 Å². The molecule has 0 aromatic carbocycles. The molecule has 1 saturated heterocycles. The molecular weight excluding hydrogens is 180 g/mol. The third kappa shape index (κ3) is 2.89. The smallest absolute Gasteiger partial charge is 0.0975 e. The Morgan fingerprint density at radius 2 is 2.31 bits per heavy atom. The van der Waals surface area contributed by atoms with Crippen molar-refractivity contribution in [3.05, 3.63) is 0 Å². The molecule has 0 saturated carbocycles. The maximum absolute atomic E-state index is 8.95. The molecule has 74 valence electrons. The normalized spacial score (nSPS) is 25.1. The van der Waals surface area contributed by atoms with Crippen molar-refractivity contribution in [3.8, 4) is 6.07 Å². The minimum absolute atomic E-state index is 0.125. The molecule has 1 fully saturated rings. The largest absolute Gasteiger partial charge is 0.286 e. The average molecular weight is 198 g/mol. The Labute approximate surface area is 85.3 Å². The fourth-order valence-electron chi connectivity index (χ4n) is 1.75. The minimum atomic E-state index is 0.125. The van der Waals surface area contributed by atoms with Gasteiger partial charge in [-0.1, -0.05) is 6.92 Å². The molecular formula is C10H18N2S. The van der Waals surface area contributed by atoms with Crippen molar-refractivity contribution >= 4 is 11.8 Å². The molecule has 1 aliphatic heterocycles. The molecule has 0 aromatic heterocycles. The second-order valence-electron chi connectivity index (χ2n) is 4.13. The van der Waals surface area contributed by atoms with E-state index in [1.807, 2.05) is 11.8 Å². The third-order valence-corrected chi connectivity index (χ3v) is 3.73. The summed E-state index contributed by atoms with van der Waals surface area (Å²) in [6, 6.07) is 2.50. The summed E-state index contributed by atoms with van der Waals surface area (Å²) in [6.07, 6.45) is 0.942. The molecule has 1 atom stereocenters. The first kappa shape index (κ1) is 10.9. The predicted molar refractivity (Wildman–Crippen MR) is 57.8 cm³/mol. The van der Waals surface area contributed by atoms with Crippen molar-refractivity contribution in [2.75, 3.05) is 18.8 Å². The minimum Gasteiger partial charge on any atom is -0.286 e. The molecule has 1 rings (SSSR count). The van der Waals surface area contributed by atoms with Crippen molar-refractivity contribution in [1.29, 1.82) is 5.26 Å². The van der Waals surface area contributed by atoms with Gasteiger partial charge in [0.15, 0.2) is 0 Å². The quantitative estimate of drug-likeness (QED) is 0.680. The number of hydrogen-bond donors (Lipinski definition) is 0. The van der Waals surface area contributed by atoms with E-state index in [1.165, 1.54) is 0 Å². The summed E-state index contributed by atoms with van der Waals surface area (Å²) in [5.41, 5.74) is 0. The average Bonchev–Trinajstić information content (AvgIpc) is 2.05. The fourth-order valence-corrected chi connectivity index (χ4v) is 2.89. The van der Waals surface area contributed by atoms with Gasteiger partial charge in [-0.05, 0) is 20.3 Å². The van der Waals surface area contributed by atoms with Crippen LogP contribution in [0.3, 0.4) is 0 Å². The van der Waals surface area contributed by atoms with Crippen molar-refractivity contribution in [1.82, 2.24) is 4.90 Å². The summed E-state index contributed by atoms with van der Waals surface area (Å²) in [4.78, 5) is 2.32. The van der Waals surface area contributed by atoms with Gasteiger partial charge in [0.1, 0.15) is 0 Å². The highest BCUT2D eigenvalue weighted by Gasteiger charge is 2.30. The van der Waals surface area contributed by atoms with Gasteiger partial charge in [-0.2, -0.15) is 17.0 Å². The molecule has 1 aliphatic rings. The van der Waals surface area contributed by atoms with E-state index in [1.54, 1.807) is 0 Å². The zero-order valence-corrected chi connectivity index (χ0v) is 9.52. The number of nitriles is 1. The van der Waals surface area contributed by atoms with Crippen molar-refractivity contribution in [2.24, 2.45) is 0 Å². The topological polar surface area (TPSA) is 27.0 Å². The van der Waals surface area contributed by atoms with Crippen LogP contribution in [0.4, 0.5) is 0 Å². The van der Waals surface area contributed by atoms with E-state index in [-0.39, 0.29) is 6.04 Å². The second kappa shape index (κ2) is 4.34. The first-order valence-corrected chi connectivity index (χ1v) is 5.85. The lowest BCUT2D eigenvalue weighted by atomic mass is 10.1. The molecule has 0 N–H and O–H groups in total.